The molecular formula is C21H24FNO3. The molecule has 1 aliphatic rings. The maximum atomic E-state index is 13.2. The maximum Gasteiger partial charge on any atom is 0.220 e. The standard InChI is InChI=1S/C21H24FNO3/c22-18-8-4-7-16(13-18)9-10-21(24)23-19-11-12-25-15-20(19)26-14-17-5-2-1-3-6-17/h1-8,13,19-20H,9-12,14-15H2,(H,23,24)/t19-,20-/m1/s1. The number of ether oxygens (including phenoxy) is 2. The van der Waals surface area contributed by atoms with Gasteiger partial charge < -0.3 is 14.8 Å². The predicted molar refractivity (Wildman–Crippen MR) is 97.1 cm³/mol. The highest BCUT2D eigenvalue weighted by Gasteiger charge is 2.27. The fourth-order valence-corrected chi connectivity index (χ4v) is 3.05. The Bertz CT molecular complexity index is 707. The van der Waals surface area contributed by atoms with Crippen LogP contribution < -0.4 is 5.32 Å². The van der Waals surface area contributed by atoms with E-state index in [2.05, 4.69) is 5.32 Å². The number of hydrogen-bond acceptors (Lipinski definition) is 3. The molecule has 1 heterocycles. The van der Waals surface area contributed by atoms with E-state index >= 15 is 0 Å². The molecule has 1 N–H and O–H groups in total. The zero-order chi connectivity index (χ0) is 18.2. The van der Waals surface area contributed by atoms with Crippen molar-refractivity contribution in [1.82, 2.24) is 5.32 Å². The molecule has 1 amide bonds. The molecule has 5 heteroatoms. The van der Waals surface area contributed by atoms with E-state index in [-0.39, 0.29) is 23.9 Å². The Balaban J connectivity index is 1.48. The van der Waals surface area contributed by atoms with Gasteiger partial charge in [-0.05, 0) is 36.1 Å². The molecule has 138 valence electrons. The summed E-state index contributed by atoms with van der Waals surface area (Å²) in [5.74, 6) is -0.323. The van der Waals surface area contributed by atoms with Crippen LogP contribution in [0.4, 0.5) is 4.39 Å². The number of rotatable bonds is 7. The predicted octanol–water partition coefficient (Wildman–Crippen LogP) is 3.25. The van der Waals surface area contributed by atoms with Crippen LogP contribution in [0.25, 0.3) is 0 Å². The van der Waals surface area contributed by atoms with Gasteiger partial charge in [-0.1, -0.05) is 42.5 Å². The molecule has 4 nitrogen and oxygen atoms in total. The molecule has 2 aromatic rings. The van der Waals surface area contributed by atoms with Crippen molar-refractivity contribution in [2.75, 3.05) is 13.2 Å². The third-order valence-corrected chi connectivity index (χ3v) is 4.49. The third kappa shape index (κ3) is 5.64. The molecule has 0 spiro atoms. The van der Waals surface area contributed by atoms with Gasteiger partial charge >= 0.3 is 0 Å². The van der Waals surface area contributed by atoms with Crippen LogP contribution in [0.3, 0.4) is 0 Å². The molecule has 0 bridgehead atoms. The first-order chi connectivity index (χ1) is 12.7. The lowest BCUT2D eigenvalue weighted by Gasteiger charge is -2.32. The summed E-state index contributed by atoms with van der Waals surface area (Å²) in [4.78, 5) is 12.3. The summed E-state index contributed by atoms with van der Waals surface area (Å²) < 4.78 is 24.7. The molecule has 0 radical (unpaired) electrons. The number of carbonyl (C=O) groups is 1. The summed E-state index contributed by atoms with van der Waals surface area (Å²) >= 11 is 0. The van der Waals surface area contributed by atoms with Crippen molar-refractivity contribution in [3.63, 3.8) is 0 Å². The molecule has 0 saturated carbocycles. The second-order valence-electron chi connectivity index (χ2n) is 6.50. The first-order valence-electron chi connectivity index (χ1n) is 8.98. The van der Waals surface area contributed by atoms with E-state index in [0.29, 0.717) is 32.7 Å². The van der Waals surface area contributed by atoms with Crippen molar-refractivity contribution in [2.24, 2.45) is 0 Å². The van der Waals surface area contributed by atoms with Gasteiger partial charge in [-0.2, -0.15) is 0 Å². The first-order valence-corrected chi connectivity index (χ1v) is 8.98. The molecule has 0 unspecified atom stereocenters. The first kappa shape index (κ1) is 18.5. The van der Waals surface area contributed by atoms with Crippen LogP contribution in [0.1, 0.15) is 24.0 Å². The Morgan fingerprint density at radius 3 is 2.77 bits per heavy atom. The van der Waals surface area contributed by atoms with Crippen LogP contribution in [0.2, 0.25) is 0 Å². The second-order valence-corrected chi connectivity index (χ2v) is 6.50. The van der Waals surface area contributed by atoms with E-state index in [9.17, 15) is 9.18 Å². The van der Waals surface area contributed by atoms with Gasteiger partial charge in [0.25, 0.3) is 0 Å². The zero-order valence-electron chi connectivity index (χ0n) is 14.7. The van der Waals surface area contributed by atoms with E-state index < -0.39 is 0 Å². The van der Waals surface area contributed by atoms with Gasteiger partial charge in [0.15, 0.2) is 0 Å². The van der Waals surface area contributed by atoms with Gasteiger partial charge in [-0.15, -0.1) is 0 Å². The summed E-state index contributed by atoms with van der Waals surface area (Å²) in [5, 5.41) is 3.05. The van der Waals surface area contributed by atoms with Crippen molar-refractivity contribution < 1.29 is 18.7 Å². The molecule has 3 rings (SSSR count). The monoisotopic (exact) mass is 357 g/mol. The van der Waals surface area contributed by atoms with Crippen LogP contribution >= 0.6 is 0 Å². The molecule has 26 heavy (non-hydrogen) atoms. The van der Waals surface area contributed by atoms with Crippen LogP contribution in [0.15, 0.2) is 54.6 Å². The molecule has 2 atom stereocenters. The van der Waals surface area contributed by atoms with Crippen molar-refractivity contribution >= 4 is 5.91 Å². The number of carbonyl (C=O) groups excluding carboxylic acids is 1. The summed E-state index contributed by atoms with van der Waals surface area (Å²) in [7, 11) is 0. The molecule has 0 aromatic heterocycles. The van der Waals surface area contributed by atoms with Crippen LogP contribution in [0, 0.1) is 5.82 Å². The minimum atomic E-state index is -0.276. The Hall–Kier alpha value is -2.24. The summed E-state index contributed by atoms with van der Waals surface area (Å²) in [6.45, 7) is 1.58. The number of nitrogens with one attached hydrogen (secondary N) is 1. The molecule has 1 fully saturated rings. The molecule has 2 aromatic carbocycles. The average molecular weight is 357 g/mol. The lowest BCUT2D eigenvalue weighted by Crippen LogP contribution is -2.50. The van der Waals surface area contributed by atoms with Crippen molar-refractivity contribution in [3.05, 3.63) is 71.5 Å². The molecule has 1 aliphatic heterocycles. The maximum absolute atomic E-state index is 13.2. The summed E-state index contributed by atoms with van der Waals surface area (Å²) in [6, 6.07) is 16.2. The largest absolute Gasteiger partial charge is 0.379 e. The van der Waals surface area contributed by atoms with E-state index in [4.69, 9.17) is 9.47 Å². The minimum Gasteiger partial charge on any atom is -0.379 e. The van der Waals surface area contributed by atoms with Crippen molar-refractivity contribution in [3.8, 4) is 0 Å². The molecular weight excluding hydrogens is 333 g/mol. The number of benzene rings is 2. The summed E-state index contributed by atoms with van der Waals surface area (Å²) in [5.41, 5.74) is 1.92. The highest BCUT2D eigenvalue weighted by atomic mass is 19.1. The normalized spacial score (nSPS) is 19.9. The Kier molecular flexibility index (Phi) is 6.75. The number of halogens is 1. The van der Waals surface area contributed by atoms with E-state index in [1.165, 1.54) is 12.1 Å². The smallest absolute Gasteiger partial charge is 0.220 e. The lowest BCUT2D eigenvalue weighted by molar-refractivity contribution is -0.126. The topological polar surface area (TPSA) is 47.6 Å². The molecule has 1 saturated heterocycles. The number of amides is 1. The van der Waals surface area contributed by atoms with Crippen molar-refractivity contribution in [1.29, 1.82) is 0 Å². The zero-order valence-corrected chi connectivity index (χ0v) is 14.7. The quantitative estimate of drug-likeness (QED) is 0.827. The van der Waals surface area contributed by atoms with Crippen LogP contribution in [-0.2, 0) is 27.3 Å². The van der Waals surface area contributed by atoms with E-state index in [1.54, 1.807) is 6.07 Å². The lowest BCUT2D eigenvalue weighted by atomic mass is 10.0. The van der Waals surface area contributed by atoms with E-state index in [0.717, 1.165) is 17.5 Å². The number of aryl methyl sites for hydroxylation is 1. The average Bonchev–Trinajstić information content (AvgIpc) is 2.67. The fraction of sp³-hybridized carbons (Fsp3) is 0.381. The van der Waals surface area contributed by atoms with Gasteiger partial charge in [0.05, 0.1) is 19.3 Å². The highest BCUT2D eigenvalue weighted by molar-refractivity contribution is 5.76. The Labute approximate surface area is 153 Å². The van der Waals surface area contributed by atoms with E-state index in [1.807, 2.05) is 36.4 Å². The van der Waals surface area contributed by atoms with Gasteiger partial charge in [0, 0.05) is 13.0 Å². The number of hydrogen-bond donors (Lipinski definition) is 1. The molecule has 0 aliphatic carbocycles. The Morgan fingerprint density at radius 2 is 1.96 bits per heavy atom. The SMILES string of the molecule is O=C(CCc1cccc(F)c1)N[C@@H]1CCOC[C@H]1OCc1ccccc1. The highest BCUT2D eigenvalue weighted by Crippen LogP contribution is 2.15. The van der Waals surface area contributed by atoms with Gasteiger partial charge in [-0.3, -0.25) is 4.79 Å². The van der Waals surface area contributed by atoms with Crippen LogP contribution in [0.5, 0.6) is 0 Å². The van der Waals surface area contributed by atoms with Gasteiger partial charge in [-0.25, -0.2) is 4.39 Å². The Morgan fingerprint density at radius 1 is 1.15 bits per heavy atom. The third-order valence-electron chi connectivity index (χ3n) is 4.49. The fourth-order valence-electron chi connectivity index (χ4n) is 3.05. The van der Waals surface area contributed by atoms with Gasteiger partial charge in [0.1, 0.15) is 11.9 Å². The van der Waals surface area contributed by atoms with Crippen LogP contribution in [-0.4, -0.2) is 31.3 Å². The minimum absolute atomic E-state index is 0.0468. The van der Waals surface area contributed by atoms with Gasteiger partial charge in [0.2, 0.25) is 5.91 Å². The summed E-state index contributed by atoms with van der Waals surface area (Å²) in [6.07, 6.45) is 1.40. The van der Waals surface area contributed by atoms with Crippen molar-refractivity contribution in [2.45, 2.75) is 38.0 Å². The second kappa shape index (κ2) is 9.46.